The van der Waals surface area contributed by atoms with E-state index in [4.69, 9.17) is 9.47 Å². The zero-order valence-corrected chi connectivity index (χ0v) is 19.0. The van der Waals surface area contributed by atoms with Gasteiger partial charge in [0.1, 0.15) is 0 Å². The zero-order chi connectivity index (χ0) is 22.1. The minimum atomic E-state index is -0.00723. The van der Waals surface area contributed by atoms with Gasteiger partial charge in [-0.1, -0.05) is 37.5 Å². The van der Waals surface area contributed by atoms with E-state index in [0.29, 0.717) is 5.91 Å². The molecule has 5 heteroatoms. The molecule has 2 aromatic carbocycles. The molecule has 1 aromatic heterocycles. The summed E-state index contributed by atoms with van der Waals surface area (Å²) >= 11 is 0. The van der Waals surface area contributed by atoms with E-state index in [-0.39, 0.29) is 12.0 Å². The number of rotatable bonds is 5. The summed E-state index contributed by atoms with van der Waals surface area (Å²) in [5.41, 5.74) is 4.81. The summed E-state index contributed by atoms with van der Waals surface area (Å²) in [4.78, 5) is 19.3. The lowest BCUT2D eigenvalue weighted by atomic mass is 9.84. The average Bonchev–Trinajstić information content (AvgIpc) is 3.26. The van der Waals surface area contributed by atoms with Crippen molar-refractivity contribution >= 4 is 16.8 Å². The standard InChI is InChI=1S/C27H32N2O3/c1-31-25-15-19-12-13-29(27(30)18-8-4-3-5-9-18)24(22(19)16-26(25)32-2)14-20-17-28-23-11-7-6-10-21(20)23/h6-7,10-11,15-18,24,28H,3-5,8-9,12-14H2,1-2H3. The molecule has 1 fully saturated rings. The number of benzene rings is 2. The Kier molecular flexibility index (Phi) is 5.81. The minimum Gasteiger partial charge on any atom is -0.493 e. The first-order chi connectivity index (χ1) is 15.7. The molecule has 5 nitrogen and oxygen atoms in total. The second-order valence-electron chi connectivity index (χ2n) is 9.10. The number of nitrogens with zero attached hydrogens (tertiary/aromatic N) is 1. The molecule has 168 valence electrons. The summed E-state index contributed by atoms with van der Waals surface area (Å²) < 4.78 is 11.2. The van der Waals surface area contributed by atoms with Crippen LogP contribution >= 0.6 is 0 Å². The van der Waals surface area contributed by atoms with E-state index in [1.807, 2.05) is 0 Å². The zero-order valence-electron chi connectivity index (χ0n) is 19.0. The second kappa shape index (κ2) is 8.89. The number of aromatic nitrogens is 1. The highest BCUT2D eigenvalue weighted by atomic mass is 16.5. The molecule has 0 spiro atoms. The highest BCUT2D eigenvalue weighted by Gasteiger charge is 2.36. The maximum absolute atomic E-state index is 13.7. The number of para-hydroxylation sites is 1. The lowest BCUT2D eigenvalue weighted by Crippen LogP contribution is -2.44. The van der Waals surface area contributed by atoms with E-state index >= 15 is 0 Å². The molecule has 1 atom stereocenters. The first kappa shape index (κ1) is 20.9. The molecule has 1 aliphatic heterocycles. The van der Waals surface area contributed by atoms with Gasteiger partial charge in [-0.25, -0.2) is 0 Å². The van der Waals surface area contributed by atoms with Gasteiger partial charge in [0.2, 0.25) is 5.91 Å². The third-order valence-corrected chi connectivity index (χ3v) is 7.33. The van der Waals surface area contributed by atoms with Crippen molar-refractivity contribution in [3.63, 3.8) is 0 Å². The van der Waals surface area contributed by atoms with Crippen LogP contribution in [0.15, 0.2) is 42.6 Å². The van der Waals surface area contributed by atoms with Crippen molar-refractivity contribution in [1.29, 1.82) is 0 Å². The monoisotopic (exact) mass is 432 g/mol. The van der Waals surface area contributed by atoms with Crippen LogP contribution in [0.4, 0.5) is 0 Å². The van der Waals surface area contributed by atoms with Crippen LogP contribution in [0.3, 0.4) is 0 Å². The van der Waals surface area contributed by atoms with Gasteiger partial charge in [-0.05, 0) is 60.6 Å². The van der Waals surface area contributed by atoms with Gasteiger partial charge in [0.05, 0.1) is 20.3 Å². The molecule has 1 aliphatic carbocycles. The highest BCUT2D eigenvalue weighted by molar-refractivity contribution is 5.84. The molecule has 32 heavy (non-hydrogen) atoms. The van der Waals surface area contributed by atoms with E-state index in [1.165, 1.54) is 41.3 Å². The van der Waals surface area contributed by atoms with Gasteiger partial charge in [0.15, 0.2) is 11.5 Å². The highest BCUT2D eigenvalue weighted by Crippen LogP contribution is 2.41. The van der Waals surface area contributed by atoms with Crippen molar-refractivity contribution in [2.45, 2.75) is 51.0 Å². The Balaban J connectivity index is 1.56. The van der Waals surface area contributed by atoms with E-state index < -0.39 is 0 Å². The van der Waals surface area contributed by atoms with Crippen LogP contribution in [0.25, 0.3) is 10.9 Å². The van der Waals surface area contributed by atoms with Crippen LogP contribution < -0.4 is 9.47 Å². The summed E-state index contributed by atoms with van der Waals surface area (Å²) in [6.07, 6.45) is 9.36. The molecule has 1 unspecified atom stereocenters. The molecule has 0 saturated heterocycles. The van der Waals surface area contributed by atoms with Crippen molar-refractivity contribution in [3.8, 4) is 11.5 Å². The third-order valence-electron chi connectivity index (χ3n) is 7.33. The topological polar surface area (TPSA) is 54.6 Å². The first-order valence-corrected chi connectivity index (χ1v) is 11.8. The number of aromatic amines is 1. The van der Waals surface area contributed by atoms with Crippen molar-refractivity contribution in [2.75, 3.05) is 20.8 Å². The van der Waals surface area contributed by atoms with E-state index in [9.17, 15) is 4.79 Å². The second-order valence-corrected chi connectivity index (χ2v) is 9.10. The third kappa shape index (κ3) is 3.74. The van der Waals surface area contributed by atoms with Crippen LogP contribution in [0.2, 0.25) is 0 Å². The maximum Gasteiger partial charge on any atom is 0.226 e. The van der Waals surface area contributed by atoms with Crippen LogP contribution in [0.5, 0.6) is 11.5 Å². The number of carbonyl (C=O) groups is 1. The summed E-state index contributed by atoms with van der Waals surface area (Å²) in [7, 11) is 3.35. The number of methoxy groups -OCH3 is 2. The Labute approximate surface area is 189 Å². The number of hydrogen-bond donors (Lipinski definition) is 1. The van der Waals surface area contributed by atoms with E-state index in [2.05, 4.69) is 52.5 Å². The number of carbonyl (C=O) groups excluding carboxylic acids is 1. The molecule has 5 rings (SSSR count). The molecular formula is C27H32N2O3. The molecule has 2 heterocycles. The van der Waals surface area contributed by atoms with Crippen molar-refractivity contribution < 1.29 is 14.3 Å². The van der Waals surface area contributed by atoms with Crippen molar-refractivity contribution in [3.05, 3.63) is 59.3 Å². The first-order valence-electron chi connectivity index (χ1n) is 11.8. The van der Waals surface area contributed by atoms with Gasteiger partial charge in [-0.15, -0.1) is 0 Å². The van der Waals surface area contributed by atoms with Crippen LogP contribution in [-0.2, 0) is 17.6 Å². The number of hydrogen-bond acceptors (Lipinski definition) is 3. The van der Waals surface area contributed by atoms with Crippen LogP contribution in [-0.4, -0.2) is 36.6 Å². The SMILES string of the molecule is COc1cc2c(cc1OC)C(Cc1c[nH]c3ccccc13)N(C(=O)C1CCCCC1)CC2. The average molecular weight is 433 g/mol. The molecule has 2 aliphatic rings. The number of amides is 1. The fourth-order valence-corrected chi connectivity index (χ4v) is 5.60. The fourth-order valence-electron chi connectivity index (χ4n) is 5.60. The van der Waals surface area contributed by atoms with Gasteiger partial charge in [0, 0.05) is 29.6 Å². The predicted molar refractivity (Wildman–Crippen MR) is 126 cm³/mol. The van der Waals surface area contributed by atoms with Crippen LogP contribution in [0, 0.1) is 5.92 Å². The molecular weight excluding hydrogens is 400 g/mol. The molecule has 1 amide bonds. The van der Waals surface area contributed by atoms with Crippen molar-refractivity contribution in [1.82, 2.24) is 9.88 Å². The van der Waals surface area contributed by atoms with Gasteiger partial charge in [-0.3, -0.25) is 4.79 Å². The van der Waals surface area contributed by atoms with Crippen LogP contribution in [0.1, 0.15) is 54.8 Å². The van der Waals surface area contributed by atoms with Crippen molar-refractivity contribution in [2.24, 2.45) is 5.92 Å². The summed E-state index contributed by atoms with van der Waals surface area (Å²) in [5.74, 6) is 1.97. The number of H-pyrrole nitrogens is 1. The Bertz CT molecular complexity index is 1110. The van der Waals surface area contributed by atoms with Gasteiger partial charge in [0.25, 0.3) is 0 Å². The smallest absolute Gasteiger partial charge is 0.226 e. The molecule has 1 N–H and O–H groups in total. The summed E-state index contributed by atoms with van der Waals surface area (Å²) in [6, 6.07) is 12.6. The predicted octanol–water partition coefficient (Wildman–Crippen LogP) is 5.43. The summed E-state index contributed by atoms with van der Waals surface area (Å²) in [6.45, 7) is 0.755. The lowest BCUT2D eigenvalue weighted by Gasteiger charge is -2.40. The molecule has 3 aromatic rings. The number of nitrogens with one attached hydrogen (secondary N) is 1. The van der Waals surface area contributed by atoms with Gasteiger partial charge < -0.3 is 19.4 Å². The maximum atomic E-state index is 13.7. The molecule has 1 saturated carbocycles. The Morgan fingerprint density at radius 3 is 2.59 bits per heavy atom. The quantitative estimate of drug-likeness (QED) is 0.585. The number of ether oxygens (including phenoxy) is 2. The fraction of sp³-hybridized carbons (Fsp3) is 0.444. The lowest BCUT2D eigenvalue weighted by molar-refractivity contribution is -0.139. The molecule has 0 radical (unpaired) electrons. The largest absolute Gasteiger partial charge is 0.493 e. The van der Waals surface area contributed by atoms with E-state index in [0.717, 1.165) is 49.2 Å². The summed E-state index contributed by atoms with van der Waals surface area (Å²) in [5, 5.41) is 1.23. The number of fused-ring (bicyclic) bond motifs is 2. The molecule has 0 bridgehead atoms. The Morgan fingerprint density at radius 2 is 1.81 bits per heavy atom. The van der Waals surface area contributed by atoms with E-state index in [1.54, 1.807) is 14.2 Å². The Morgan fingerprint density at radius 1 is 1.06 bits per heavy atom. The van der Waals surface area contributed by atoms with Gasteiger partial charge in [-0.2, -0.15) is 0 Å². The minimum absolute atomic E-state index is 0.00723. The Hall–Kier alpha value is -2.95. The normalized spacial score (nSPS) is 19.1. The van der Waals surface area contributed by atoms with Gasteiger partial charge >= 0.3 is 0 Å².